The first-order chi connectivity index (χ1) is 16.6. The maximum Gasteiger partial charge on any atom is 0.411 e. The Kier molecular flexibility index (Phi) is 7.19. The fraction of sp³-hybridized carbons (Fsp3) is 0.115. The molecule has 3 aromatic carbocycles. The Balaban J connectivity index is 1.38. The molecule has 8 heteroatoms. The highest BCUT2D eigenvalue weighted by atomic mass is 16.5. The van der Waals surface area contributed by atoms with E-state index in [1.165, 1.54) is 6.07 Å². The van der Waals surface area contributed by atoms with Crippen LogP contribution < -0.4 is 10.1 Å². The summed E-state index contributed by atoms with van der Waals surface area (Å²) in [6.07, 6.45) is -0.365. The summed E-state index contributed by atoms with van der Waals surface area (Å²) in [5, 5.41) is 11.3. The molecule has 34 heavy (non-hydrogen) atoms. The maximum atomic E-state index is 12.2. The number of amides is 1. The average molecular weight is 458 g/mol. The van der Waals surface area contributed by atoms with Crippen LogP contribution in [-0.4, -0.2) is 35.4 Å². The van der Waals surface area contributed by atoms with Gasteiger partial charge in [-0.3, -0.25) is 5.32 Å². The zero-order valence-electron chi connectivity index (χ0n) is 18.1. The molecule has 0 spiro atoms. The number of aromatic nitrogens is 1. The third-order valence-electron chi connectivity index (χ3n) is 4.75. The van der Waals surface area contributed by atoms with Gasteiger partial charge in [-0.2, -0.15) is 0 Å². The van der Waals surface area contributed by atoms with Gasteiger partial charge in [0.1, 0.15) is 18.1 Å². The van der Waals surface area contributed by atoms with Crippen molar-refractivity contribution in [2.75, 3.05) is 18.5 Å². The van der Waals surface area contributed by atoms with Gasteiger partial charge in [0.05, 0.1) is 6.42 Å². The van der Waals surface area contributed by atoms with Crippen molar-refractivity contribution < 1.29 is 28.6 Å². The van der Waals surface area contributed by atoms with E-state index in [1.807, 2.05) is 60.7 Å². The Morgan fingerprint density at radius 2 is 1.62 bits per heavy atom. The van der Waals surface area contributed by atoms with E-state index >= 15 is 0 Å². The zero-order chi connectivity index (χ0) is 23.8. The molecule has 0 saturated heterocycles. The van der Waals surface area contributed by atoms with Crippen LogP contribution in [0.5, 0.6) is 5.75 Å². The SMILES string of the molecule is O=C(O)COc1cccc(NC(=O)OCCc2nc(-c3ccccc3)c(-c3ccccc3)o2)c1. The number of carboxylic acids is 1. The van der Waals surface area contributed by atoms with Crippen molar-refractivity contribution in [3.63, 3.8) is 0 Å². The third-order valence-corrected chi connectivity index (χ3v) is 4.75. The van der Waals surface area contributed by atoms with Crippen LogP contribution in [0, 0.1) is 0 Å². The van der Waals surface area contributed by atoms with Crippen molar-refractivity contribution in [3.8, 4) is 28.3 Å². The van der Waals surface area contributed by atoms with Gasteiger partial charge in [0, 0.05) is 22.9 Å². The number of carbonyl (C=O) groups excluding carboxylic acids is 1. The first kappa shape index (κ1) is 22.6. The second kappa shape index (κ2) is 10.8. The molecule has 0 aliphatic rings. The fourth-order valence-corrected chi connectivity index (χ4v) is 3.24. The van der Waals surface area contributed by atoms with Crippen LogP contribution >= 0.6 is 0 Å². The Bertz CT molecular complexity index is 1200. The second-order valence-corrected chi connectivity index (χ2v) is 7.24. The first-order valence-electron chi connectivity index (χ1n) is 10.6. The smallest absolute Gasteiger partial charge is 0.411 e. The molecule has 4 aromatic rings. The van der Waals surface area contributed by atoms with Gasteiger partial charge in [0.25, 0.3) is 0 Å². The molecule has 0 radical (unpaired) electrons. The van der Waals surface area contributed by atoms with Gasteiger partial charge in [-0.25, -0.2) is 14.6 Å². The normalized spacial score (nSPS) is 10.5. The predicted octanol–water partition coefficient (Wildman–Crippen LogP) is 5.26. The van der Waals surface area contributed by atoms with E-state index in [4.69, 9.17) is 19.0 Å². The van der Waals surface area contributed by atoms with E-state index in [9.17, 15) is 9.59 Å². The molecule has 0 saturated carbocycles. The number of carbonyl (C=O) groups is 2. The molecule has 0 aliphatic heterocycles. The van der Waals surface area contributed by atoms with Crippen molar-refractivity contribution in [3.05, 3.63) is 90.8 Å². The van der Waals surface area contributed by atoms with E-state index in [0.717, 1.165) is 16.8 Å². The number of ether oxygens (including phenoxy) is 2. The Morgan fingerprint density at radius 1 is 0.912 bits per heavy atom. The van der Waals surface area contributed by atoms with Gasteiger partial charge in [-0.1, -0.05) is 66.7 Å². The summed E-state index contributed by atoms with van der Waals surface area (Å²) in [7, 11) is 0. The Hall–Kier alpha value is -4.59. The van der Waals surface area contributed by atoms with E-state index in [0.29, 0.717) is 29.5 Å². The van der Waals surface area contributed by atoms with Gasteiger partial charge in [-0.05, 0) is 12.1 Å². The summed E-state index contributed by atoms with van der Waals surface area (Å²) in [4.78, 5) is 27.4. The van der Waals surface area contributed by atoms with E-state index in [1.54, 1.807) is 18.2 Å². The lowest BCUT2D eigenvalue weighted by molar-refractivity contribution is -0.139. The number of hydrogen-bond donors (Lipinski definition) is 2. The van der Waals surface area contributed by atoms with Gasteiger partial charge >= 0.3 is 12.1 Å². The summed E-state index contributed by atoms with van der Waals surface area (Å²) in [5.74, 6) is 0.344. The fourth-order valence-electron chi connectivity index (χ4n) is 3.24. The molecule has 1 aromatic heterocycles. The predicted molar refractivity (Wildman–Crippen MR) is 126 cm³/mol. The van der Waals surface area contributed by atoms with Crippen molar-refractivity contribution in [1.29, 1.82) is 0 Å². The minimum atomic E-state index is -1.09. The molecule has 0 fully saturated rings. The number of benzene rings is 3. The molecule has 2 N–H and O–H groups in total. The van der Waals surface area contributed by atoms with Crippen LogP contribution in [0.1, 0.15) is 5.89 Å². The van der Waals surface area contributed by atoms with Crippen LogP contribution in [0.2, 0.25) is 0 Å². The first-order valence-corrected chi connectivity index (χ1v) is 10.6. The summed E-state index contributed by atoms with van der Waals surface area (Å²) >= 11 is 0. The van der Waals surface area contributed by atoms with Gasteiger partial charge in [-0.15, -0.1) is 0 Å². The standard InChI is InChI=1S/C26H22N2O6/c29-23(30)17-33-21-13-7-12-20(16-21)27-26(31)32-15-14-22-28-24(18-8-3-1-4-9-18)25(34-22)19-10-5-2-6-11-19/h1-13,16H,14-15,17H2,(H,27,31)(H,29,30). The van der Waals surface area contributed by atoms with E-state index < -0.39 is 18.7 Å². The van der Waals surface area contributed by atoms with Crippen molar-refractivity contribution in [2.24, 2.45) is 0 Å². The molecule has 4 rings (SSSR count). The van der Waals surface area contributed by atoms with Crippen LogP contribution in [0.4, 0.5) is 10.5 Å². The molecule has 172 valence electrons. The number of rotatable bonds is 9. The van der Waals surface area contributed by atoms with Crippen LogP contribution in [0.25, 0.3) is 22.6 Å². The minimum Gasteiger partial charge on any atom is -0.482 e. The molecule has 8 nitrogen and oxygen atoms in total. The van der Waals surface area contributed by atoms with Crippen molar-refractivity contribution >= 4 is 17.7 Å². The summed E-state index contributed by atoms with van der Waals surface area (Å²) in [6.45, 7) is -0.413. The Morgan fingerprint density at radius 3 is 2.32 bits per heavy atom. The average Bonchev–Trinajstić information content (AvgIpc) is 3.28. The van der Waals surface area contributed by atoms with Crippen molar-refractivity contribution in [1.82, 2.24) is 4.98 Å². The highest BCUT2D eigenvalue weighted by Crippen LogP contribution is 2.32. The second-order valence-electron chi connectivity index (χ2n) is 7.24. The summed E-state index contributed by atoms with van der Waals surface area (Å²) in [5.41, 5.74) is 2.98. The number of hydrogen-bond acceptors (Lipinski definition) is 6. The van der Waals surface area contributed by atoms with Crippen LogP contribution in [-0.2, 0) is 16.0 Å². The van der Waals surface area contributed by atoms with Crippen LogP contribution in [0.3, 0.4) is 0 Å². The lowest BCUT2D eigenvalue weighted by Gasteiger charge is -2.08. The molecular formula is C26H22N2O6. The molecule has 1 amide bonds. The molecular weight excluding hydrogens is 436 g/mol. The monoisotopic (exact) mass is 458 g/mol. The van der Waals surface area contributed by atoms with Gasteiger partial charge in [0.15, 0.2) is 18.3 Å². The number of aliphatic carboxylic acids is 1. The topological polar surface area (TPSA) is 111 Å². The number of nitrogens with one attached hydrogen (secondary N) is 1. The number of oxazole rings is 1. The molecule has 0 atom stereocenters. The maximum absolute atomic E-state index is 12.2. The van der Waals surface area contributed by atoms with Gasteiger partial charge in [0.2, 0.25) is 0 Å². The van der Waals surface area contributed by atoms with Crippen molar-refractivity contribution in [2.45, 2.75) is 6.42 Å². The van der Waals surface area contributed by atoms with E-state index in [2.05, 4.69) is 10.3 Å². The molecule has 0 unspecified atom stereocenters. The highest BCUT2D eigenvalue weighted by molar-refractivity contribution is 5.84. The molecule has 0 aliphatic carbocycles. The zero-order valence-corrected chi connectivity index (χ0v) is 18.1. The highest BCUT2D eigenvalue weighted by Gasteiger charge is 2.17. The molecule has 0 bridgehead atoms. The summed E-state index contributed by atoms with van der Waals surface area (Å²) < 4.78 is 16.4. The lowest BCUT2D eigenvalue weighted by atomic mass is 10.1. The van der Waals surface area contributed by atoms with Gasteiger partial charge < -0.3 is 19.0 Å². The quantitative estimate of drug-likeness (QED) is 0.352. The summed E-state index contributed by atoms with van der Waals surface area (Å²) in [6, 6.07) is 25.8. The largest absolute Gasteiger partial charge is 0.482 e. The van der Waals surface area contributed by atoms with Crippen LogP contribution in [0.15, 0.2) is 89.3 Å². The number of anilines is 1. The molecule has 1 heterocycles. The van der Waals surface area contributed by atoms with E-state index in [-0.39, 0.29) is 6.61 Å². The minimum absolute atomic E-state index is 0.0595. The lowest BCUT2D eigenvalue weighted by Crippen LogP contribution is -2.15. The third kappa shape index (κ3) is 6.01. The number of nitrogens with zero attached hydrogens (tertiary/aromatic N) is 1. The number of carboxylic acid groups (broad SMARTS) is 1. The Labute approximate surface area is 195 Å².